The molecule has 0 aliphatic heterocycles. The number of rotatable bonds is 3. The summed E-state index contributed by atoms with van der Waals surface area (Å²) in [5.41, 5.74) is 3.88. The normalized spacial score (nSPS) is 15.4. The van der Waals surface area contributed by atoms with Crippen molar-refractivity contribution in [2.75, 3.05) is 0 Å². The number of imidazole rings is 1. The largest absolute Gasteiger partial charge is 0.421 e. The molecular weight excluding hydrogens is 338 g/mol. The molecule has 6 heteroatoms. The Morgan fingerprint density at radius 2 is 1.93 bits per heavy atom. The Kier molecular flexibility index (Phi) is 3.96. The maximum atomic E-state index is 5.59. The molecule has 4 aromatic rings. The van der Waals surface area contributed by atoms with Gasteiger partial charge in [0.15, 0.2) is 5.82 Å². The van der Waals surface area contributed by atoms with Crippen molar-refractivity contribution in [3.8, 4) is 23.0 Å². The highest BCUT2D eigenvalue weighted by Crippen LogP contribution is 2.36. The molecule has 0 radical (unpaired) electrons. The summed E-state index contributed by atoms with van der Waals surface area (Å²) in [5, 5.41) is 8.07. The fourth-order valence-corrected chi connectivity index (χ4v) is 4.03. The predicted molar refractivity (Wildman–Crippen MR) is 103 cm³/mol. The maximum Gasteiger partial charge on any atom is 0.247 e. The quantitative estimate of drug-likeness (QED) is 0.517. The summed E-state index contributed by atoms with van der Waals surface area (Å²) >= 11 is 0. The second-order valence-electron chi connectivity index (χ2n) is 7.14. The molecule has 136 valence electrons. The van der Waals surface area contributed by atoms with Gasteiger partial charge < -0.3 is 8.98 Å². The predicted octanol–water partition coefficient (Wildman–Crippen LogP) is 4.96. The van der Waals surface area contributed by atoms with Gasteiger partial charge >= 0.3 is 0 Å². The second-order valence-corrected chi connectivity index (χ2v) is 7.14. The smallest absolute Gasteiger partial charge is 0.247 e. The van der Waals surface area contributed by atoms with Crippen molar-refractivity contribution < 1.29 is 4.42 Å². The Hall–Kier alpha value is -3.02. The molecule has 5 rings (SSSR count). The van der Waals surface area contributed by atoms with Crippen molar-refractivity contribution in [3.63, 3.8) is 0 Å². The molecule has 1 fully saturated rings. The van der Waals surface area contributed by atoms with Crippen LogP contribution in [0.4, 0.5) is 0 Å². The number of aromatic nitrogens is 5. The van der Waals surface area contributed by atoms with Crippen molar-refractivity contribution in [2.24, 2.45) is 0 Å². The van der Waals surface area contributed by atoms with E-state index in [0.717, 1.165) is 28.1 Å². The molecule has 0 spiro atoms. The van der Waals surface area contributed by atoms with Crippen LogP contribution in [0.5, 0.6) is 0 Å². The molecule has 3 aromatic heterocycles. The zero-order chi connectivity index (χ0) is 18.2. The number of hydrogen-bond donors (Lipinski definition) is 0. The number of hydrogen-bond acceptors (Lipinski definition) is 5. The van der Waals surface area contributed by atoms with Crippen molar-refractivity contribution in [3.05, 3.63) is 48.5 Å². The van der Waals surface area contributed by atoms with Gasteiger partial charge in [-0.1, -0.05) is 25.3 Å². The van der Waals surface area contributed by atoms with Gasteiger partial charge in [-0.05, 0) is 43.2 Å². The minimum Gasteiger partial charge on any atom is -0.421 e. The van der Waals surface area contributed by atoms with Gasteiger partial charge in [0.1, 0.15) is 5.69 Å². The fourth-order valence-electron chi connectivity index (χ4n) is 4.03. The minimum absolute atomic E-state index is 0.470. The molecule has 1 saturated carbocycles. The molecule has 0 atom stereocenters. The molecule has 27 heavy (non-hydrogen) atoms. The number of fused-ring (bicyclic) bond motifs is 1. The topological polar surface area (TPSA) is 69.6 Å². The van der Waals surface area contributed by atoms with E-state index in [2.05, 4.69) is 25.8 Å². The third-order valence-electron chi connectivity index (χ3n) is 5.30. The molecule has 1 aliphatic rings. The molecular formula is C21H21N5O. The standard InChI is InChI=1S/C21H21N5O/c1-14-24-25-21(27-14)15-10-11-19-18(13-15)23-20(17-9-5-6-12-22-17)26(19)16-7-3-2-4-8-16/h5-6,9-13,16H,2-4,7-8H2,1H3. The average molecular weight is 359 g/mol. The Bertz CT molecular complexity index is 1080. The molecule has 1 aromatic carbocycles. The summed E-state index contributed by atoms with van der Waals surface area (Å²) < 4.78 is 7.98. The van der Waals surface area contributed by atoms with Crippen LogP contribution in [0.3, 0.4) is 0 Å². The molecule has 3 heterocycles. The number of benzene rings is 1. The van der Waals surface area contributed by atoms with Crippen molar-refractivity contribution in [1.29, 1.82) is 0 Å². The van der Waals surface area contributed by atoms with Gasteiger partial charge in [-0.3, -0.25) is 4.98 Å². The number of nitrogens with zero attached hydrogens (tertiary/aromatic N) is 5. The second kappa shape index (κ2) is 6.61. The van der Waals surface area contributed by atoms with Crippen molar-refractivity contribution >= 4 is 11.0 Å². The Morgan fingerprint density at radius 3 is 2.67 bits per heavy atom. The molecule has 0 amide bonds. The number of aryl methyl sites for hydroxylation is 1. The van der Waals surface area contributed by atoms with Crippen LogP contribution in [0.1, 0.15) is 44.0 Å². The van der Waals surface area contributed by atoms with Crippen LogP contribution in [0.2, 0.25) is 0 Å². The molecule has 1 aliphatic carbocycles. The summed E-state index contributed by atoms with van der Waals surface area (Å²) in [6.07, 6.45) is 8.07. The van der Waals surface area contributed by atoms with E-state index in [1.165, 1.54) is 32.1 Å². The van der Waals surface area contributed by atoms with Gasteiger partial charge in [-0.25, -0.2) is 4.98 Å². The van der Waals surface area contributed by atoms with Gasteiger partial charge in [0.05, 0.1) is 11.0 Å². The van der Waals surface area contributed by atoms with E-state index in [1.807, 2.05) is 36.5 Å². The summed E-state index contributed by atoms with van der Waals surface area (Å²) in [7, 11) is 0. The number of pyridine rings is 1. The first-order valence-electron chi connectivity index (χ1n) is 9.53. The highest BCUT2D eigenvalue weighted by atomic mass is 16.4. The first-order valence-corrected chi connectivity index (χ1v) is 9.53. The zero-order valence-corrected chi connectivity index (χ0v) is 15.3. The summed E-state index contributed by atoms with van der Waals surface area (Å²) in [4.78, 5) is 9.52. The van der Waals surface area contributed by atoms with Crippen molar-refractivity contribution in [1.82, 2.24) is 24.7 Å². The van der Waals surface area contributed by atoms with E-state index in [9.17, 15) is 0 Å². The van der Waals surface area contributed by atoms with Gasteiger partial charge in [-0.15, -0.1) is 10.2 Å². The van der Waals surface area contributed by atoms with E-state index < -0.39 is 0 Å². The first-order chi connectivity index (χ1) is 13.3. The summed E-state index contributed by atoms with van der Waals surface area (Å²) in [5.74, 6) is 2.03. The lowest BCUT2D eigenvalue weighted by Gasteiger charge is -2.25. The third-order valence-corrected chi connectivity index (χ3v) is 5.30. The average Bonchev–Trinajstić information content (AvgIpc) is 3.32. The molecule has 0 N–H and O–H groups in total. The van der Waals surface area contributed by atoms with Crippen molar-refractivity contribution in [2.45, 2.75) is 45.1 Å². The monoisotopic (exact) mass is 359 g/mol. The highest BCUT2D eigenvalue weighted by molar-refractivity contribution is 5.84. The SMILES string of the molecule is Cc1nnc(-c2ccc3c(c2)nc(-c2ccccn2)n3C2CCCCC2)o1. The molecule has 0 saturated heterocycles. The van der Waals surface area contributed by atoms with Crippen LogP contribution in [0, 0.1) is 6.92 Å². The lowest BCUT2D eigenvalue weighted by molar-refractivity contribution is 0.362. The Morgan fingerprint density at radius 1 is 1.04 bits per heavy atom. The van der Waals surface area contributed by atoms with Gasteiger partial charge in [0.25, 0.3) is 0 Å². The highest BCUT2D eigenvalue weighted by Gasteiger charge is 2.23. The van der Waals surface area contributed by atoms with Crippen LogP contribution in [0.25, 0.3) is 34.0 Å². The lowest BCUT2D eigenvalue weighted by Crippen LogP contribution is -2.14. The van der Waals surface area contributed by atoms with Crippen LogP contribution in [-0.2, 0) is 0 Å². The third kappa shape index (κ3) is 2.91. The van der Waals surface area contributed by atoms with E-state index in [1.54, 1.807) is 6.92 Å². The van der Waals surface area contributed by atoms with E-state index in [-0.39, 0.29) is 0 Å². The van der Waals surface area contributed by atoms with E-state index >= 15 is 0 Å². The molecule has 0 bridgehead atoms. The Labute approximate surface area is 157 Å². The van der Waals surface area contributed by atoms with Crippen LogP contribution in [-0.4, -0.2) is 24.7 Å². The Balaban J connectivity index is 1.69. The fraction of sp³-hybridized carbons (Fsp3) is 0.333. The summed E-state index contributed by atoms with van der Waals surface area (Å²) in [6, 6.07) is 12.7. The lowest BCUT2D eigenvalue weighted by atomic mass is 9.95. The van der Waals surface area contributed by atoms with Gasteiger partial charge in [0.2, 0.25) is 11.8 Å². The summed E-state index contributed by atoms with van der Waals surface area (Å²) in [6.45, 7) is 1.80. The minimum atomic E-state index is 0.470. The molecule has 6 nitrogen and oxygen atoms in total. The van der Waals surface area contributed by atoms with Crippen LogP contribution >= 0.6 is 0 Å². The van der Waals surface area contributed by atoms with Crippen LogP contribution < -0.4 is 0 Å². The van der Waals surface area contributed by atoms with E-state index in [0.29, 0.717) is 17.8 Å². The maximum absolute atomic E-state index is 5.59. The van der Waals surface area contributed by atoms with Gasteiger partial charge in [-0.2, -0.15) is 0 Å². The van der Waals surface area contributed by atoms with Crippen LogP contribution in [0.15, 0.2) is 47.0 Å². The van der Waals surface area contributed by atoms with Gasteiger partial charge in [0, 0.05) is 24.7 Å². The molecule has 0 unspecified atom stereocenters. The van der Waals surface area contributed by atoms with E-state index in [4.69, 9.17) is 9.40 Å². The zero-order valence-electron chi connectivity index (χ0n) is 15.3. The first kappa shape index (κ1) is 16.2.